The average molecular weight is 237 g/mol. The minimum absolute atomic E-state index is 0.381. The van der Waals surface area contributed by atoms with Gasteiger partial charge in [-0.25, -0.2) is 4.79 Å². The topological polar surface area (TPSA) is 70.8 Å². The van der Waals surface area contributed by atoms with Gasteiger partial charge in [-0.15, -0.1) is 0 Å². The van der Waals surface area contributed by atoms with E-state index in [1.54, 1.807) is 19.1 Å². The quantitative estimate of drug-likeness (QED) is 0.806. The minimum atomic E-state index is -1.04. The largest absolute Gasteiger partial charge is 0.480 e. The molecule has 0 aliphatic carbocycles. The monoisotopic (exact) mass is 237 g/mol. The number of carboxylic acid groups (broad SMARTS) is 1. The Morgan fingerprint density at radius 2 is 2.12 bits per heavy atom. The van der Waals surface area contributed by atoms with Crippen LogP contribution in [0.4, 0.5) is 0 Å². The first-order valence-electron chi connectivity index (χ1n) is 5.16. The number of carboxylic acids is 1. The van der Waals surface area contributed by atoms with Crippen LogP contribution in [0.2, 0.25) is 0 Å². The van der Waals surface area contributed by atoms with E-state index in [1.807, 2.05) is 0 Å². The number of furan rings is 1. The SMILES string of the molecule is Cc1ccc(C=CC(=O)N(C)C(C)C(=O)O)o1. The number of carbonyl (C=O) groups excluding carboxylic acids is 1. The maximum absolute atomic E-state index is 11.6. The Kier molecular flexibility index (Phi) is 4.09. The van der Waals surface area contributed by atoms with Gasteiger partial charge in [0.15, 0.2) is 0 Å². The summed E-state index contributed by atoms with van der Waals surface area (Å²) in [4.78, 5) is 23.4. The third-order valence-corrected chi connectivity index (χ3v) is 2.44. The van der Waals surface area contributed by atoms with E-state index >= 15 is 0 Å². The summed E-state index contributed by atoms with van der Waals surface area (Å²) >= 11 is 0. The van der Waals surface area contributed by atoms with Gasteiger partial charge in [0, 0.05) is 13.1 Å². The molecule has 0 radical (unpaired) electrons. The lowest BCUT2D eigenvalue weighted by atomic mass is 10.3. The third kappa shape index (κ3) is 3.48. The zero-order chi connectivity index (χ0) is 13.0. The Hall–Kier alpha value is -2.04. The number of hydrogen-bond acceptors (Lipinski definition) is 3. The predicted molar refractivity (Wildman–Crippen MR) is 62.3 cm³/mol. The van der Waals surface area contributed by atoms with E-state index in [1.165, 1.54) is 26.1 Å². The van der Waals surface area contributed by atoms with Gasteiger partial charge >= 0.3 is 5.97 Å². The number of aliphatic carboxylic acids is 1. The summed E-state index contributed by atoms with van der Waals surface area (Å²) in [5, 5.41) is 8.75. The third-order valence-electron chi connectivity index (χ3n) is 2.44. The normalized spacial score (nSPS) is 12.6. The van der Waals surface area contributed by atoms with Gasteiger partial charge in [-0.1, -0.05) is 0 Å². The second-order valence-electron chi connectivity index (χ2n) is 3.75. The molecule has 0 saturated carbocycles. The number of rotatable bonds is 4. The van der Waals surface area contributed by atoms with Crippen LogP contribution >= 0.6 is 0 Å². The summed E-state index contributed by atoms with van der Waals surface area (Å²) in [7, 11) is 1.44. The summed E-state index contributed by atoms with van der Waals surface area (Å²) in [5.41, 5.74) is 0. The van der Waals surface area contributed by atoms with Crippen LogP contribution < -0.4 is 0 Å². The Morgan fingerprint density at radius 1 is 1.47 bits per heavy atom. The van der Waals surface area contributed by atoms with Crippen LogP contribution in [-0.2, 0) is 9.59 Å². The number of carbonyl (C=O) groups is 2. The molecule has 0 fully saturated rings. The zero-order valence-electron chi connectivity index (χ0n) is 10.0. The molecule has 1 aromatic rings. The highest BCUT2D eigenvalue weighted by molar-refractivity contribution is 5.93. The summed E-state index contributed by atoms with van der Waals surface area (Å²) in [6.45, 7) is 3.25. The van der Waals surface area contributed by atoms with E-state index in [4.69, 9.17) is 9.52 Å². The maximum Gasteiger partial charge on any atom is 0.326 e. The van der Waals surface area contributed by atoms with Crippen LogP contribution in [0.5, 0.6) is 0 Å². The molecule has 5 nitrogen and oxygen atoms in total. The second kappa shape index (κ2) is 5.34. The van der Waals surface area contributed by atoms with Crippen molar-refractivity contribution in [1.29, 1.82) is 0 Å². The molecular formula is C12H15NO4. The van der Waals surface area contributed by atoms with Gasteiger partial charge in [-0.05, 0) is 32.1 Å². The molecule has 0 aliphatic rings. The molecule has 1 rings (SSSR count). The summed E-state index contributed by atoms with van der Waals surface area (Å²) in [6, 6.07) is 2.67. The first kappa shape index (κ1) is 13.0. The molecule has 1 heterocycles. The molecular weight excluding hydrogens is 222 g/mol. The van der Waals surface area contributed by atoms with E-state index in [0.717, 1.165) is 10.7 Å². The van der Waals surface area contributed by atoms with Crippen molar-refractivity contribution in [2.75, 3.05) is 7.05 Å². The molecule has 0 aliphatic heterocycles. The summed E-state index contributed by atoms with van der Waals surface area (Å²) in [6.07, 6.45) is 2.80. The lowest BCUT2D eigenvalue weighted by Crippen LogP contribution is -2.39. The fourth-order valence-electron chi connectivity index (χ4n) is 1.17. The Morgan fingerprint density at radius 3 is 2.59 bits per heavy atom. The molecule has 1 atom stereocenters. The predicted octanol–water partition coefficient (Wildman–Crippen LogP) is 1.53. The minimum Gasteiger partial charge on any atom is -0.480 e. The van der Waals surface area contributed by atoms with Crippen molar-refractivity contribution in [3.63, 3.8) is 0 Å². The van der Waals surface area contributed by atoms with Crippen molar-refractivity contribution in [1.82, 2.24) is 4.90 Å². The number of aryl methyl sites for hydroxylation is 1. The van der Waals surface area contributed by atoms with Gasteiger partial charge in [-0.3, -0.25) is 4.79 Å². The molecule has 5 heteroatoms. The van der Waals surface area contributed by atoms with Gasteiger partial charge in [-0.2, -0.15) is 0 Å². The van der Waals surface area contributed by atoms with Crippen LogP contribution in [0.3, 0.4) is 0 Å². The van der Waals surface area contributed by atoms with Gasteiger partial charge in [0.25, 0.3) is 0 Å². The van der Waals surface area contributed by atoms with Crippen molar-refractivity contribution in [3.05, 3.63) is 29.7 Å². The molecule has 0 spiro atoms. The van der Waals surface area contributed by atoms with Crippen molar-refractivity contribution < 1.29 is 19.1 Å². The molecule has 1 aromatic heterocycles. The Labute approximate surface area is 99.3 Å². The molecule has 92 valence electrons. The fraction of sp³-hybridized carbons (Fsp3) is 0.333. The van der Waals surface area contributed by atoms with Crippen LogP contribution in [-0.4, -0.2) is 35.0 Å². The van der Waals surface area contributed by atoms with Crippen LogP contribution in [0.15, 0.2) is 22.6 Å². The number of nitrogens with zero attached hydrogens (tertiary/aromatic N) is 1. The average Bonchev–Trinajstić information content (AvgIpc) is 2.69. The Balaban J connectivity index is 2.66. The smallest absolute Gasteiger partial charge is 0.326 e. The maximum atomic E-state index is 11.6. The molecule has 1 unspecified atom stereocenters. The lowest BCUT2D eigenvalue weighted by Gasteiger charge is -2.19. The van der Waals surface area contributed by atoms with E-state index < -0.39 is 12.0 Å². The van der Waals surface area contributed by atoms with Crippen molar-refractivity contribution >= 4 is 18.0 Å². The van der Waals surface area contributed by atoms with Gasteiger partial charge in [0.05, 0.1) is 0 Å². The van der Waals surface area contributed by atoms with Crippen molar-refractivity contribution in [2.45, 2.75) is 19.9 Å². The summed E-state index contributed by atoms with van der Waals surface area (Å²) < 4.78 is 5.25. The molecule has 1 N–H and O–H groups in total. The van der Waals surface area contributed by atoms with E-state index in [0.29, 0.717) is 5.76 Å². The standard InChI is InChI=1S/C12H15NO4/c1-8-4-5-10(17-8)6-7-11(14)13(3)9(2)12(15)16/h4-7,9H,1-3H3,(H,15,16). The molecule has 0 saturated heterocycles. The van der Waals surface area contributed by atoms with Crippen LogP contribution in [0.25, 0.3) is 6.08 Å². The van der Waals surface area contributed by atoms with Gasteiger partial charge in [0.1, 0.15) is 17.6 Å². The summed E-state index contributed by atoms with van der Waals surface area (Å²) in [5.74, 6) is -0.103. The zero-order valence-corrected chi connectivity index (χ0v) is 10.0. The molecule has 0 bridgehead atoms. The number of likely N-dealkylation sites (N-methyl/N-ethyl adjacent to an activating group) is 1. The highest BCUT2D eigenvalue weighted by Crippen LogP contribution is 2.08. The van der Waals surface area contributed by atoms with Crippen molar-refractivity contribution in [2.24, 2.45) is 0 Å². The number of hydrogen-bond donors (Lipinski definition) is 1. The molecule has 0 aromatic carbocycles. The second-order valence-corrected chi connectivity index (χ2v) is 3.75. The lowest BCUT2D eigenvalue weighted by molar-refractivity contribution is -0.146. The van der Waals surface area contributed by atoms with E-state index in [2.05, 4.69) is 0 Å². The highest BCUT2D eigenvalue weighted by Gasteiger charge is 2.19. The Bertz CT molecular complexity index is 447. The van der Waals surface area contributed by atoms with Gasteiger partial charge < -0.3 is 14.4 Å². The fourth-order valence-corrected chi connectivity index (χ4v) is 1.17. The van der Waals surface area contributed by atoms with Crippen LogP contribution in [0.1, 0.15) is 18.4 Å². The highest BCUT2D eigenvalue weighted by atomic mass is 16.4. The van der Waals surface area contributed by atoms with Gasteiger partial charge in [0.2, 0.25) is 5.91 Å². The van der Waals surface area contributed by atoms with E-state index in [9.17, 15) is 9.59 Å². The number of amides is 1. The van der Waals surface area contributed by atoms with Crippen molar-refractivity contribution in [3.8, 4) is 0 Å². The van der Waals surface area contributed by atoms with E-state index in [-0.39, 0.29) is 5.91 Å². The molecule has 1 amide bonds. The van der Waals surface area contributed by atoms with Crippen LogP contribution in [0, 0.1) is 6.92 Å². The first-order chi connectivity index (χ1) is 7.91. The molecule has 17 heavy (non-hydrogen) atoms. The first-order valence-corrected chi connectivity index (χ1v) is 5.16.